The highest BCUT2D eigenvalue weighted by atomic mass is 16.5. The fraction of sp³-hybridized carbons (Fsp3) is 0.286. The first-order chi connectivity index (χ1) is 9.70. The lowest BCUT2D eigenvalue weighted by Gasteiger charge is -2.10. The molecule has 6 nitrogen and oxygen atoms in total. The third-order valence-corrected chi connectivity index (χ3v) is 2.52. The molecular weight excluding hydrogens is 262 g/mol. The van der Waals surface area contributed by atoms with E-state index in [0.717, 1.165) is 6.42 Å². The average molecular weight is 277 g/mol. The zero-order valence-electron chi connectivity index (χ0n) is 11.0. The van der Waals surface area contributed by atoms with Gasteiger partial charge in [-0.2, -0.15) is 0 Å². The lowest BCUT2D eigenvalue weighted by molar-refractivity contribution is 0.0691. The van der Waals surface area contributed by atoms with Crippen molar-refractivity contribution >= 4 is 5.97 Å². The van der Waals surface area contributed by atoms with E-state index in [9.17, 15) is 4.79 Å². The molecule has 1 aromatic carbocycles. The van der Waals surface area contributed by atoms with Gasteiger partial charge in [-0.25, -0.2) is 4.79 Å². The van der Waals surface area contributed by atoms with E-state index in [1.54, 1.807) is 18.2 Å². The van der Waals surface area contributed by atoms with Gasteiger partial charge in [-0.1, -0.05) is 12.1 Å². The zero-order valence-corrected chi connectivity index (χ0v) is 11.0. The molecule has 0 spiro atoms. The second kappa shape index (κ2) is 6.60. The fourth-order valence-electron chi connectivity index (χ4n) is 1.57. The van der Waals surface area contributed by atoms with Crippen LogP contribution in [0.25, 0.3) is 0 Å². The van der Waals surface area contributed by atoms with Crippen LogP contribution in [0.4, 0.5) is 0 Å². The normalized spacial score (nSPS) is 10.2. The molecule has 0 bridgehead atoms. The number of carboxylic acids is 1. The summed E-state index contributed by atoms with van der Waals surface area (Å²) >= 11 is 0. The minimum atomic E-state index is -1.06. The molecule has 0 aliphatic carbocycles. The average Bonchev–Trinajstić information content (AvgIpc) is 2.96. The molecule has 2 aromatic rings. The number of carboxylic acid groups (broad SMARTS) is 1. The van der Waals surface area contributed by atoms with Gasteiger partial charge in [0.15, 0.2) is 5.76 Å². The van der Waals surface area contributed by atoms with E-state index in [-0.39, 0.29) is 17.9 Å². The quantitative estimate of drug-likeness (QED) is 0.838. The van der Waals surface area contributed by atoms with E-state index in [2.05, 4.69) is 5.16 Å². The maximum atomic E-state index is 11.2. The molecule has 106 valence electrons. The monoisotopic (exact) mass is 277 g/mol. The van der Waals surface area contributed by atoms with Crippen molar-refractivity contribution in [1.82, 2.24) is 5.16 Å². The van der Waals surface area contributed by atoms with E-state index in [4.69, 9.17) is 19.1 Å². The summed E-state index contributed by atoms with van der Waals surface area (Å²) in [5, 5.41) is 12.7. The third-order valence-electron chi connectivity index (χ3n) is 2.52. The fourth-order valence-corrected chi connectivity index (χ4v) is 1.57. The van der Waals surface area contributed by atoms with Crippen LogP contribution < -0.4 is 9.47 Å². The molecule has 0 amide bonds. The molecular formula is C14H15NO5. The Balaban J connectivity index is 2.15. The molecule has 1 N–H and O–H groups in total. The maximum absolute atomic E-state index is 11.2. The number of carbonyl (C=O) groups is 1. The minimum absolute atomic E-state index is 0.0772. The summed E-state index contributed by atoms with van der Waals surface area (Å²) in [4.78, 5) is 11.2. The topological polar surface area (TPSA) is 81.8 Å². The summed E-state index contributed by atoms with van der Waals surface area (Å²) in [6.45, 7) is 2.67. The summed E-state index contributed by atoms with van der Waals surface area (Å²) in [6, 6.07) is 6.29. The Kier molecular flexibility index (Phi) is 4.60. The number of nitrogens with zero attached hydrogens (tertiary/aromatic N) is 1. The van der Waals surface area contributed by atoms with Crippen molar-refractivity contribution in [2.45, 2.75) is 20.0 Å². The van der Waals surface area contributed by atoms with Crippen LogP contribution in [0.5, 0.6) is 11.5 Å². The zero-order chi connectivity index (χ0) is 14.4. The Bertz CT molecular complexity index is 565. The van der Waals surface area contributed by atoms with Gasteiger partial charge in [0, 0.05) is 12.1 Å². The number of benzene rings is 1. The van der Waals surface area contributed by atoms with E-state index in [1.807, 2.05) is 6.92 Å². The summed E-state index contributed by atoms with van der Waals surface area (Å²) in [7, 11) is 0. The summed E-state index contributed by atoms with van der Waals surface area (Å²) in [5.74, 6) is 0.271. The van der Waals surface area contributed by atoms with Crippen molar-refractivity contribution in [2.75, 3.05) is 6.61 Å². The van der Waals surface area contributed by atoms with Crippen LogP contribution in [0.3, 0.4) is 0 Å². The summed E-state index contributed by atoms with van der Waals surface area (Å²) < 4.78 is 15.8. The lowest BCUT2D eigenvalue weighted by atomic mass is 10.2. The SMILES string of the molecule is CCCOc1ccc(C(=O)O)c(OCc2ccno2)c1. The molecule has 0 atom stereocenters. The van der Waals surface area contributed by atoms with Crippen molar-refractivity contribution in [3.05, 3.63) is 41.8 Å². The number of aromatic nitrogens is 1. The molecule has 0 fully saturated rings. The highest BCUT2D eigenvalue weighted by Gasteiger charge is 2.13. The second-order valence-corrected chi connectivity index (χ2v) is 4.08. The third kappa shape index (κ3) is 3.50. The standard InChI is InChI=1S/C14H15NO5/c1-2-7-18-10-3-4-12(14(16)17)13(8-10)19-9-11-5-6-15-20-11/h3-6,8H,2,7,9H2,1H3,(H,16,17). The first-order valence-corrected chi connectivity index (χ1v) is 6.23. The first kappa shape index (κ1) is 13.9. The van der Waals surface area contributed by atoms with Crippen LogP contribution in [0, 0.1) is 0 Å². The molecule has 20 heavy (non-hydrogen) atoms. The first-order valence-electron chi connectivity index (χ1n) is 6.23. The van der Waals surface area contributed by atoms with Crippen molar-refractivity contribution in [3.63, 3.8) is 0 Å². The Morgan fingerprint density at radius 2 is 2.20 bits per heavy atom. The number of hydrogen-bond acceptors (Lipinski definition) is 5. The summed E-state index contributed by atoms with van der Waals surface area (Å²) in [5.41, 5.74) is 0.0772. The molecule has 1 aromatic heterocycles. The van der Waals surface area contributed by atoms with Gasteiger partial charge in [0.25, 0.3) is 0 Å². The van der Waals surface area contributed by atoms with Crippen molar-refractivity contribution < 1.29 is 23.9 Å². The minimum Gasteiger partial charge on any atom is -0.493 e. The predicted molar refractivity (Wildman–Crippen MR) is 70.0 cm³/mol. The largest absolute Gasteiger partial charge is 0.493 e. The number of aromatic carboxylic acids is 1. The van der Waals surface area contributed by atoms with E-state index >= 15 is 0 Å². The van der Waals surface area contributed by atoms with Crippen molar-refractivity contribution in [3.8, 4) is 11.5 Å². The van der Waals surface area contributed by atoms with Crippen molar-refractivity contribution in [1.29, 1.82) is 0 Å². The number of ether oxygens (including phenoxy) is 2. The van der Waals surface area contributed by atoms with E-state index in [1.165, 1.54) is 12.3 Å². The van der Waals surface area contributed by atoms with Crippen LogP contribution in [-0.2, 0) is 6.61 Å². The van der Waals surface area contributed by atoms with Crippen molar-refractivity contribution in [2.24, 2.45) is 0 Å². The van der Waals surface area contributed by atoms with Crippen LogP contribution in [0.1, 0.15) is 29.5 Å². The van der Waals surface area contributed by atoms with Crippen LogP contribution in [0.15, 0.2) is 35.0 Å². The molecule has 6 heteroatoms. The molecule has 0 radical (unpaired) electrons. The summed E-state index contributed by atoms with van der Waals surface area (Å²) in [6.07, 6.45) is 2.37. The highest BCUT2D eigenvalue weighted by Crippen LogP contribution is 2.26. The van der Waals surface area contributed by atoms with Crippen LogP contribution in [0.2, 0.25) is 0 Å². The van der Waals surface area contributed by atoms with Gasteiger partial charge in [-0.05, 0) is 18.6 Å². The van der Waals surface area contributed by atoms with E-state index in [0.29, 0.717) is 18.1 Å². The molecule has 0 saturated carbocycles. The highest BCUT2D eigenvalue weighted by molar-refractivity contribution is 5.91. The molecule has 0 saturated heterocycles. The predicted octanol–water partition coefficient (Wildman–Crippen LogP) is 2.74. The Labute approximate surface area is 115 Å². The van der Waals surface area contributed by atoms with Crippen LogP contribution >= 0.6 is 0 Å². The van der Waals surface area contributed by atoms with Gasteiger partial charge < -0.3 is 19.1 Å². The molecule has 2 rings (SSSR count). The van der Waals surface area contributed by atoms with E-state index < -0.39 is 5.97 Å². The smallest absolute Gasteiger partial charge is 0.339 e. The van der Waals surface area contributed by atoms with Crippen LogP contribution in [-0.4, -0.2) is 22.8 Å². The van der Waals surface area contributed by atoms with Gasteiger partial charge in [0.05, 0.1) is 12.8 Å². The Morgan fingerprint density at radius 1 is 1.35 bits per heavy atom. The van der Waals surface area contributed by atoms with Gasteiger partial charge in [0.1, 0.15) is 23.7 Å². The molecule has 0 aliphatic heterocycles. The Morgan fingerprint density at radius 3 is 2.85 bits per heavy atom. The number of rotatable bonds is 7. The van der Waals surface area contributed by atoms with Gasteiger partial charge >= 0.3 is 5.97 Å². The van der Waals surface area contributed by atoms with Gasteiger partial charge in [0.2, 0.25) is 0 Å². The van der Waals surface area contributed by atoms with Gasteiger partial charge in [-0.3, -0.25) is 0 Å². The lowest BCUT2D eigenvalue weighted by Crippen LogP contribution is -2.04. The molecule has 1 heterocycles. The molecule has 0 aliphatic rings. The second-order valence-electron chi connectivity index (χ2n) is 4.08. The maximum Gasteiger partial charge on any atom is 0.339 e. The number of hydrogen-bond donors (Lipinski definition) is 1. The Hall–Kier alpha value is -2.50. The van der Waals surface area contributed by atoms with Gasteiger partial charge in [-0.15, -0.1) is 0 Å². The molecule has 0 unspecified atom stereocenters.